The molecule has 4 saturated carbocycles. The lowest BCUT2D eigenvalue weighted by molar-refractivity contribution is -0.313. The summed E-state index contributed by atoms with van der Waals surface area (Å²) in [6, 6.07) is 0. The monoisotopic (exact) mass is 406 g/mol. The molecule has 9 atom stereocenters. The second-order valence-corrected chi connectivity index (χ2v) is 11.8. The van der Waals surface area contributed by atoms with E-state index in [0.29, 0.717) is 41.9 Å². The number of aliphatic carboxylic acids is 1. The van der Waals surface area contributed by atoms with Crippen molar-refractivity contribution in [1.82, 2.24) is 0 Å². The van der Waals surface area contributed by atoms with Crippen molar-refractivity contribution in [2.45, 2.75) is 97.7 Å². The molecule has 4 fully saturated rings. The van der Waals surface area contributed by atoms with Crippen molar-refractivity contribution in [1.29, 1.82) is 0 Å². The summed E-state index contributed by atoms with van der Waals surface area (Å²) in [5, 5.41) is 31.5. The Labute approximate surface area is 176 Å². The molecule has 0 aromatic rings. The molecule has 4 rings (SSSR count). The standard InChI is InChI=1S/C25H42O4/c1-15(14-16(2)22(26)27)19-9-10-20-18-8-7-17-6-5-12-25(28,29)24(17,4)21(18)11-13-23(19,20)3/h15-21,28-29H,5-14H2,1-4H3,(H,26,27)/t15-,16?,17+,18+,19-,20+,21+,23-,24+/m1/s1. The van der Waals surface area contributed by atoms with E-state index in [-0.39, 0.29) is 16.7 Å². The Morgan fingerprint density at radius 2 is 1.69 bits per heavy atom. The van der Waals surface area contributed by atoms with Gasteiger partial charge in [-0.25, -0.2) is 0 Å². The molecule has 166 valence electrons. The van der Waals surface area contributed by atoms with Gasteiger partial charge in [0.05, 0.1) is 5.92 Å². The van der Waals surface area contributed by atoms with Gasteiger partial charge in [0.15, 0.2) is 5.79 Å². The number of hydrogen-bond donors (Lipinski definition) is 3. The van der Waals surface area contributed by atoms with Crippen molar-refractivity contribution in [3.63, 3.8) is 0 Å². The Morgan fingerprint density at radius 1 is 0.966 bits per heavy atom. The fourth-order valence-corrected chi connectivity index (χ4v) is 9.16. The van der Waals surface area contributed by atoms with Gasteiger partial charge in [-0.2, -0.15) is 0 Å². The molecule has 3 N–H and O–H groups in total. The largest absolute Gasteiger partial charge is 0.481 e. The molecule has 0 saturated heterocycles. The highest BCUT2D eigenvalue weighted by molar-refractivity contribution is 5.69. The number of aliphatic hydroxyl groups is 2. The van der Waals surface area contributed by atoms with Crippen LogP contribution in [-0.4, -0.2) is 27.1 Å². The van der Waals surface area contributed by atoms with Gasteiger partial charge in [0.25, 0.3) is 0 Å². The maximum absolute atomic E-state index is 11.4. The molecule has 1 unspecified atom stereocenters. The molecule has 0 radical (unpaired) electrons. The van der Waals surface area contributed by atoms with Crippen LogP contribution in [0.25, 0.3) is 0 Å². The highest BCUT2D eigenvalue weighted by atomic mass is 16.5. The molecule has 0 heterocycles. The van der Waals surface area contributed by atoms with Crippen LogP contribution >= 0.6 is 0 Å². The van der Waals surface area contributed by atoms with Gasteiger partial charge in [0, 0.05) is 11.8 Å². The fourth-order valence-electron chi connectivity index (χ4n) is 9.16. The van der Waals surface area contributed by atoms with Crippen LogP contribution in [0.1, 0.15) is 91.9 Å². The van der Waals surface area contributed by atoms with Crippen LogP contribution in [0.15, 0.2) is 0 Å². The van der Waals surface area contributed by atoms with Crippen molar-refractivity contribution >= 4 is 5.97 Å². The predicted octanol–water partition coefficient (Wildman–Crippen LogP) is 5.07. The first-order valence-corrected chi connectivity index (χ1v) is 12.2. The number of fused-ring (bicyclic) bond motifs is 5. The van der Waals surface area contributed by atoms with E-state index >= 15 is 0 Å². The number of carbonyl (C=O) groups is 1. The third kappa shape index (κ3) is 3.11. The first-order valence-electron chi connectivity index (χ1n) is 12.2. The normalized spacial score (nSPS) is 48.1. The molecule has 4 aliphatic rings. The summed E-state index contributed by atoms with van der Waals surface area (Å²) in [5.74, 6) is 0.686. The Bertz CT molecular complexity index is 645. The second kappa shape index (κ2) is 7.22. The first-order chi connectivity index (χ1) is 13.5. The summed E-state index contributed by atoms with van der Waals surface area (Å²) in [5.41, 5.74) is -0.0821. The van der Waals surface area contributed by atoms with Crippen molar-refractivity contribution in [2.75, 3.05) is 0 Å². The van der Waals surface area contributed by atoms with E-state index in [9.17, 15) is 20.1 Å². The van der Waals surface area contributed by atoms with Gasteiger partial charge >= 0.3 is 5.97 Å². The number of carboxylic acids is 1. The lowest BCUT2D eigenvalue weighted by Gasteiger charge is -2.63. The number of carboxylic acid groups (broad SMARTS) is 1. The van der Waals surface area contributed by atoms with E-state index in [2.05, 4.69) is 20.8 Å². The molecule has 4 aliphatic carbocycles. The quantitative estimate of drug-likeness (QED) is 0.569. The smallest absolute Gasteiger partial charge is 0.306 e. The lowest BCUT2D eigenvalue weighted by Crippen LogP contribution is -2.63. The van der Waals surface area contributed by atoms with Gasteiger partial charge in [0.2, 0.25) is 0 Å². The van der Waals surface area contributed by atoms with Crippen molar-refractivity contribution in [2.24, 2.45) is 52.3 Å². The van der Waals surface area contributed by atoms with E-state index in [1.54, 1.807) is 0 Å². The van der Waals surface area contributed by atoms with E-state index in [1.807, 2.05) is 6.92 Å². The molecular formula is C25H42O4. The summed E-state index contributed by atoms with van der Waals surface area (Å²) in [6.07, 6.45) is 10.5. The van der Waals surface area contributed by atoms with Gasteiger partial charge in [-0.05, 0) is 98.7 Å². The van der Waals surface area contributed by atoms with Crippen LogP contribution in [0.5, 0.6) is 0 Å². The van der Waals surface area contributed by atoms with Crippen LogP contribution in [0.3, 0.4) is 0 Å². The summed E-state index contributed by atoms with van der Waals surface area (Å²) >= 11 is 0. The molecular weight excluding hydrogens is 364 g/mol. The average molecular weight is 407 g/mol. The Balaban J connectivity index is 1.57. The van der Waals surface area contributed by atoms with Crippen molar-refractivity contribution in [3.8, 4) is 0 Å². The van der Waals surface area contributed by atoms with E-state index in [4.69, 9.17) is 0 Å². The molecule has 0 bridgehead atoms. The third-order valence-electron chi connectivity index (χ3n) is 10.8. The van der Waals surface area contributed by atoms with Gasteiger partial charge in [-0.3, -0.25) is 4.79 Å². The zero-order valence-corrected chi connectivity index (χ0v) is 18.9. The second-order valence-electron chi connectivity index (χ2n) is 11.8. The summed E-state index contributed by atoms with van der Waals surface area (Å²) < 4.78 is 0. The van der Waals surface area contributed by atoms with Crippen LogP contribution in [0.2, 0.25) is 0 Å². The van der Waals surface area contributed by atoms with Crippen LogP contribution in [0.4, 0.5) is 0 Å². The van der Waals surface area contributed by atoms with Crippen LogP contribution in [0, 0.1) is 52.3 Å². The SMILES string of the molecule is CC(C[C@@H](C)[C@H]1CC[C@H]2[C@@H]3CC[C@@H]4CCCC(O)(O)[C@]4(C)[C@H]3CC[C@]12C)C(=O)O. The maximum Gasteiger partial charge on any atom is 0.306 e. The Morgan fingerprint density at radius 3 is 2.38 bits per heavy atom. The average Bonchev–Trinajstić information content (AvgIpc) is 2.99. The molecule has 0 aliphatic heterocycles. The topological polar surface area (TPSA) is 77.8 Å². The molecule has 4 heteroatoms. The number of rotatable bonds is 4. The molecule has 29 heavy (non-hydrogen) atoms. The van der Waals surface area contributed by atoms with Gasteiger partial charge in [0.1, 0.15) is 0 Å². The van der Waals surface area contributed by atoms with Gasteiger partial charge < -0.3 is 15.3 Å². The molecule has 0 amide bonds. The van der Waals surface area contributed by atoms with Gasteiger partial charge in [-0.15, -0.1) is 0 Å². The summed E-state index contributed by atoms with van der Waals surface area (Å²) in [6.45, 7) is 8.79. The molecule has 0 aromatic carbocycles. The third-order valence-corrected chi connectivity index (χ3v) is 10.8. The summed E-state index contributed by atoms with van der Waals surface area (Å²) in [4.78, 5) is 11.4. The predicted molar refractivity (Wildman–Crippen MR) is 113 cm³/mol. The highest BCUT2D eigenvalue weighted by Crippen LogP contribution is 2.69. The van der Waals surface area contributed by atoms with Crippen molar-refractivity contribution < 1.29 is 20.1 Å². The molecule has 0 spiro atoms. The summed E-state index contributed by atoms with van der Waals surface area (Å²) in [7, 11) is 0. The minimum absolute atomic E-state index is 0.273. The Hall–Kier alpha value is -0.610. The lowest BCUT2D eigenvalue weighted by atomic mass is 9.43. The van der Waals surface area contributed by atoms with Crippen LogP contribution in [-0.2, 0) is 4.79 Å². The zero-order valence-electron chi connectivity index (χ0n) is 18.9. The van der Waals surface area contributed by atoms with Crippen LogP contribution < -0.4 is 0 Å². The minimum Gasteiger partial charge on any atom is -0.481 e. The van der Waals surface area contributed by atoms with E-state index < -0.39 is 11.8 Å². The Kier molecular flexibility index (Phi) is 5.38. The highest BCUT2D eigenvalue weighted by Gasteiger charge is 2.65. The molecule has 4 nitrogen and oxygen atoms in total. The minimum atomic E-state index is -1.52. The van der Waals surface area contributed by atoms with Crippen molar-refractivity contribution in [3.05, 3.63) is 0 Å². The first kappa shape index (κ1) is 21.6. The van der Waals surface area contributed by atoms with E-state index in [0.717, 1.165) is 38.5 Å². The van der Waals surface area contributed by atoms with E-state index in [1.165, 1.54) is 19.3 Å². The number of hydrogen-bond acceptors (Lipinski definition) is 3. The fraction of sp³-hybridized carbons (Fsp3) is 0.960. The zero-order chi connectivity index (χ0) is 21.2. The maximum atomic E-state index is 11.4. The van der Waals surface area contributed by atoms with Gasteiger partial charge in [-0.1, -0.05) is 27.7 Å². The molecule has 0 aromatic heterocycles.